The zero-order valence-electron chi connectivity index (χ0n) is 14.8. The molecule has 152 valence electrons. The standard InChI is InChI=1S/C15H16N4O7S.H2O/c1-3-17-15(21)13(20)14-18-12(25-10-6-4-9(2)5-7-10)8-11(16)19(14)26-27(22,23)24;/h4-8,16H,3H2,1-2H3,(H2,17,21,22,23,24);1H2. The Bertz CT molecular complexity index is 976. The van der Waals surface area contributed by atoms with Gasteiger partial charge < -0.3 is 21.3 Å². The molecule has 1 amide bonds. The lowest BCUT2D eigenvalue weighted by molar-refractivity contribution is -0.848. The smallest absolute Gasteiger partial charge is 0.476 e. The topological polar surface area (TPSA) is 192 Å². The van der Waals surface area contributed by atoms with Gasteiger partial charge in [-0.05, 0) is 30.7 Å². The first-order chi connectivity index (χ1) is 12.6. The number of nitrogens with zero attached hydrogens (tertiary/aromatic N) is 2. The number of Topliss-reactive ketones (excluding diaryl/α,β-unsaturated/α-hetero) is 1. The van der Waals surface area contributed by atoms with Crippen LogP contribution < -0.4 is 24.8 Å². The number of benzene rings is 1. The number of carbonyl (C=O) groups excluding carboxylic acids is 2. The minimum atomic E-state index is -5.05. The van der Waals surface area contributed by atoms with Crippen LogP contribution in [-0.4, -0.2) is 41.7 Å². The maximum atomic E-state index is 12.3. The summed E-state index contributed by atoms with van der Waals surface area (Å²) >= 11 is 0. The molecule has 5 N–H and O–H groups in total. The number of hydrogen-bond acceptors (Lipinski definition) is 9. The van der Waals surface area contributed by atoms with Gasteiger partial charge in [0.25, 0.3) is 11.7 Å². The quantitative estimate of drug-likeness (QED) is 0.228. The monoisotopic (exact) mass is 414 g/mol. The van der Waals surface area contributed by atoms with Crippen LogP contribution in [0.1, 0.15) is 23.1 Å². The third-order valence-corrected chi connectivity index (χ3v) is 3.41. The number of ketones is 1. The highest BCUT2D eigenvalue weighted by atomic mass is 32.3. The highest BCUT2D eigenvalue weighted by molar-refractivity contribution is 7.80. The van der Waals surface area contributed by atoms with E-state index in [-0.39, 0.29) is 22.6 Å². The Morgan fingerprint density at radius 2 is 1.89 bits per heavy atom. The molecule has 0 aliphatic heterocycles. The molecule has 13 heteroatoms. The van der Waals surface area contributed by atoms with Crippen molar-refractivity contribution in [2.24, 2.45) is 0 Å². The van der Waals surface area contributed by atoms with E-state index in [1.807, 2.05) is 6.92 Å². The Balaban J connectivity index is 0.00000392. The van der Waals surface area contributed by atoms with Crippen molar-refractivity contribution < 1.29 is 41.8 Å². The van der Waals surface area contributed by atoms with Crippen molar-refractivity contribution in [1.82, 2.24) is 10.3 Å². The van der Waals surface area contributed by atoms with E-state index in [1.165, 1.54) is 0 Å². The van der Waals surface area contributed by atoms with Crippen LogP contribution in [0.3, 0.4) is 0 Å². The summed E-state index contributed by atoms with van der Waals surface area (Å²) in [4.78, 5) is 27.9. The second-order valence-electron chi connectivity index (χ2n) is 5.24. The number of aromatic nitrogens is 2. The van der Waals surface area contributed by atoms with Crippen molar-refractivity contribution >= 4 is 27.9 Å². The number of rotatable bonds is 7. The molecule has 1 aromatic heterocycles. The summed E-state index contributed by atoms with van der Waals surface area (Å²) in [5.41, 5.74) is 6.66. The molecule has 12 nitrogen and oxygen atoms in total. The van der Waals surface area contributed by atoms with E-state index in [2.05, 4.69) is 14.6 Å². The van der Waals surface area contributed by atoms with Gasteiger partial charge in [0, 0.05) is 6.54 Å². The van der Waals surface area contributed by atoms with Crippen LogP contribution in [0, 0.1) is 6.92 Å². The third kappa shape index (κ3) is 5.87. The molecule has 1 aromatic carbocycles. The van der Waals surface area contributed by atoms with Crippen LogP contribution in [0.4, 0.5) is 5.82 Å². The number of nitrogens with two attached hydrogens (primary N) is 1. The van der Waals surface area contributed by atoms with Gasteiger partial charge in [0.15, 0.2) is 0 Å². The normalized spacial score (nSPS) is 10.5. The first-order valence-electron chi connectivity index (χ1n) is 7.57. The SMILES string of the molecule is CCNC(=O)C(=O)c1nc(Oc2ccc(C)cc2)cc(N)[n+]1OS(=O)(=O)O.[OH-]. The van der Waals surface area contributed by atoms with Gasteiger partial charge in [-0.3, -0.25) is 14.1 Å². The van der Waals surface area contributed by atoms with Crippen molar-refractivity contribution in [3.8, 4) is 11.6 Å². The summed E-state index contributed by atoms with van der Waals surface area (Å²) in [6, 6.07) is 7.86. The Hall–Kier alpha value is -3.29. The molecule has 0 aliphatic carbocycles. The fourth-order valence-corrected chi connectivity index (χ4v) is 2.27. The molecular formula is C15H18N4O8S. The maximum absolute atomic E-state index is 12.3. The van der Waals surface area contributed by atoms with Crippen LogP contribution in [0.15, 0.2) is 30.3 Å². The van der Waals surface area contributed by atoms with Crippen LogP contribution >= 0.6 is 0 Å². The van der Waals surface area contributed by atoms with Gasteiger partial charge in [-0.1, -0.05) is 22.7 Å². The number of carbonyl (C=O) groups is 2. The Kier molecular flexibility index (Phi) is 7.37. The zero-order chi connectivity index (χ0) is 20.2. The first kappa shape index (κ1) is 22.8. The van der Waals surface area contributed by atoms with Crippen molar-refractivity contribution in [2.75, 3.05) is 12.3 Å². The third-order valence-electron chi connectivity index (χ3n) is 3.07. The van der Waals surface area contributed by atoms with Crippen molar-refractivity contribution in [2.45, 2.75) is 13.8 Å². The average Bonchev–Trinajstić information content (AvgIpc) is 2.57. The van der Waals surface area contributed by atoms with Gasteiger partial charge in [0.05, 0.1) is 6.07 Å². The molecule has 2 rings (SSSR count). The minimum Gasteiger partial charge on any atom is -0.870 e. The second-order valence-corrected chi connectivity index (χ2v) is 6.25. The predicted molar refractivity (Wildman–Crippen MR) is 93.2 cm³/mol. The summed E-state index contributed by atoms with van der Waals surface area (Å²) in [6.45, 7) is 3.59. The Morgan fingerprint density at radius 1 is 1.29 bits per heavy atom. The van der Waals surface area contributed by atoms with Gasteiger partial charge >= 0.3 is 27.9 Å². The van der Waals surface area contributed by atoms with Gasteiger partial charge in [-0.15, -0.1) is 0 Å². The Morgan fingerprint density at radius 3 is 2.43 bits per heavy atom. The molecule has 0 fully saturated rings. The molecule has 0 radical (unpaired) electrons. The zero-order valence-corrected chi connectivity index (χ0v) is 15.6. The molecule has 0 saturated carbocycles. The molecule has 0 saturated heterocycles. The number of likely N-dealkylation sites (N-methyl/N-ethyl adjacent to an activating group) is 1. The van der Waals surface area contributed by atoms with E-state index in [0.717, 1.165) is 11.6 Å². The predicted octanol–water partition coefficient (Wildman–Crippen LogP) is -0.575. The van der Waals surface area contributed by atoms with Crippen LogP contribution in [0.2, 0.25) is 0 Å². The average molecular weight is 414 g/mol. The van der Waals surface area contributed by atoms with Gasteiger partial charge in [0.2, 0.25) is 0 Å². The van der Waals surface area contributed by atoms with E-state index < -0.39 is 33.7 Å². The number of hydrogen-bond donors (Lipinski definition) is 3. The lowest BCUT2D eigenvalue weighted by atomic mass is 10.2. The van der Waals surface area contributed by atoms with Crippen LogP contribution in [0.25, 0.3) is 0 Å². The maximum Gasteiger partial charge on any atom is 0.476 e. The molecule has 0 spiro atoms. The minimum absolute atomic E-state index is 0. The fourth-order valence-electron chi connectivity index (χ4n) is 1.93. The van der Waals surface area contributed by atoms with E-state index in [1.54, 1.807) is 31.2 Å². The lowest BCUT2D eigenvalue weighted by Crippen LogP contribution is -2.54. The number of ether oxygens (including phenoxy) is 1. The number of aryl methyl sites for hydroxylation is 1. The molecular weight excluding hydrogens is 396 g/mol. The highest BCUT2D eigenvalue weighted by Gasteiger charge is 2.33. The first-order valence-corrected chi connectivity index (χ1v) is 8.94. The molecule has 1 heterocycles. The van der Waals surface area contributed by atoms with E-state index in [0.29, 0.717) is 5.75 Å². The molecule has 0 bridgehead atoms. The molecule has 0 aliphatic rings. The number of nitrogen functional groups attached to an aromatic ring is 1. The van der Waals surface area contributed by atoms with Crippen LogP contribution in [0.5, 0.6) is 11.6 Å². The number of nitrogens with one attached hydrogen (secondary N) is 1. The number of anilines is 1. The molecule has 28 heavy (non-hydrogen) atoms. The summed E-state index contributed by atoms with van der Waals surface area (Å²) in [7, 11) is -5.05. The van der Waals surface area contributed by atoms with E-state index >= 15 is 0 Å². The largest absolute Gasteiger partial charge is 0.870 e. The highest BCUT2D eigenvalue weighted by Crippen LogP contribution is 2.20. The van der Waals surface area contributed by atoms with Crippen molar-refractivity contribution in [3.05, 3.63) is 41.7 Å². The van der Waals surface area contributed by atoms with Crippen molar-refractivity contribution in [1.29, 1.82) is 0 Å². The fraction of sp³-hybridized carbons (Fsp3) is 0.200. The molecule has 0 unspecified atom stereocenters. The van der Waals surface area contributed by atoms with Crippen LogP contribution in [-0.2, 0) is 15.2 Å². The lowest BCUT2D eigenvalue weighted by Gasteiger charge is -2.08. The summed E-state index contributed by atoms with van der Waals surface area (Å²) in [5.74, 6) is -3.43. The molecule has 0 atom stereocenters. The molecule has 2 aromatic rings. The summed E-state index contributed by atoms with van der Waals surface area (Å²) in [5, 5.41) is 2.24. The summed E-state index contributed by atoms with van der Waals surface area (Å²) in [6.07, 6.45) is 0. The van der Waals surface area contributed by atoms with Gasteiger partial charge in [0.1, 0.15) is 5.75 Å². The summed E-state index contributed by atoms with van der Waals surface area (Å²) < 4.78 is 40.8. The van der Waals surface area contributed by atoms with Gasteiger partial charge in [-0.25, -0.2) is 4.28 Å². The van der Waals surface area contributed by atoms with E-state index in [4.69, 9.17) is 15.0 Å². The van der Waals surface area contributed by atoms with E-state index in [9.17, 15) is 18.0 Å². The second kappa shape index (κ2) is 9.07. The number of amides is 1. The Labute approximate surface area is 160 Å². The van der Waals surface area contributed by atoms with Gasteiger partial charge in [-0.2, -0.15) is 8.42 Å². The van der Waals surface area contributed by atoms with Crippen molar-refractivity contribution in [3.63, 3.8) is 0 Å².